The highest BCUT2D eigenvalue weighted by Gasteiger charge is 2.18. The first-order valence-corrected chi connectivity index (χ1v) is 12.3. The third kappa shape index (κ3) is 5.19. The number of halogens is 1. The van der Waals surface area contributed by atoms with Crippen LogP contribution in [0.15, 0.2) is 60.9 Å². The molecule has 40 heavy (non-hydrogen) atoms. The molecule has 5 rings (SSSR count). The van der Waals surface area contributed by atoms with Crippen LogP contribution in [0.25, 0.3) is 33.4 Å². The number of H-pyrrole nitrogens is 1. The molecular weight excluding hydrogens is 515 g/mol. The Balaban J connectivity index is 1.36. The number of carbonyl (C=O) groups is 2. The Morgan fingerprint density at radius 2 is 1.93 bits per heavy atom. The number of anilines is 1. The highest BCUT2D eigenvalue weighted by Crippen LogP contribution is 2.35. The molecule has 2 amide bonds. The van der Waals surface area contributed by atoms with Crippen molar-refractivity contribution in [1.29, 1.82) is 0 Å². The van der Waals surface area contributed by atoms with E-state index in [1.165, 1.54) is 24.1 Å². The number of benzene rings is 2. The number of nitrogens with one attached hydrogen (secondary N) is 2. The van der Waals surface area contributed by atoms with Gasteiger partial charge in [-0.25, -0.2) is 4.39 Å². The molecule has 0 bridgehead atoms. The van der Waals surface area contributed by atoms with Crippen LogP contribution in [0.3, 0.4) is 0 Å². The van der Waals surface area contributed by atoms with E-state index in [9.17, 15) is 14.0 Å². The van der Waals surface area contributed by atoms with Gasteiger partial charge < -0.3 is 20.7 Å². The number of amides is 2. The maximum absolute atomic E-state index is 13.6. The topological polar surface area (TPSA) is 144 Å². The van der Waals surface area contributed by atoms with Crippen molar-refractivity contribution in [3.63, 3.8) is 0 Å². The number of ether oxygens (including phenoxy) is 1. The maximum atomic E-state index is 13.6. The third-order valence-electron chi connectivity index (χ3n) is 6.42. The Morgan fingerprint density at radius 3 is 2.65 bits per heavy atom. The van der Waals surface area contributed by atoms with Gasteiger partial charge in [-0.3, -0.25) is 24.4 Å². The summed E-state index contributed by atoms with van der Waals surface area (Å²) in [7, 11) is 4.81. The second kappa shape index (κ2) is 10.8. The number of methoxy groups -OCH3 is 1. The molecule has 3 heterocycles. The zero-order chi connectivity index (χ0) is 28.4. The van der Waals surface area contributed by atoms with Gasteiger partial charge in [0.05, 0.1) is 35.0 Å². The Labute approximate surface area is 228 Å². The fourth-order valence-corrected chi connectivity index (χ4v) is 4.25. The molecule has 204 valence electrons. The van der Waals surface area contributed by atoms with Crippen molar-refractivity contribution >= 4 is 28.5 Å². The predicted octanol–water partition coefficient (Wildman–Crippen LogP) is 3.24. The smallest absolute Gasteiger partial charge is 0.255 e. The van der Waals surface area contributed by atoms with Crippen molar-refractivity contribution < 1.29 is 18.7 Å². The maximum Gasteiger partial charge on any atom is 0.255 e. The van der Waals surface area contributed by atoms with Crippen LogP contribution in [-0.2, 0) is 17.9 Å². The summed E-state index contributed by atoms with van der Waals surface area (Å²) in [6.45, 7) is 0.350. The molecule has 0 atom stereocenters. The number of nitrogens with zero attached hydrogens (tertiary/aromatic N) is 5. The number of aromatic amines is 1. The summed E-state index contributed by atoms with van der Waals surface area (Å²) in [6, 6.07) is 13.1. The lowest BCUT2D eigenvalue weighted by molar-refractivity contribution is -0.129. The zero-order valence-electron chi connectivity index (χ0n) is 22.1. The molecule has 0 saturated heterocycles. The monoisotopic (exact) mass is 542 g/mol. The summed E-state index contributed by atoms with van der Waals surface area (Å²) < 4.78 is 20.4. The van der Waals surface area contributed by atoms with E-state index in [1.54, 1.807) is 37.2 Å². The quantitative estimate of drug-likeness (QED) is 0.273. The molecule has 0 unspecified atom stereocenters. The van der Waals surface area contributed by atoms with E-state index in [1.807, 2.05) is 24.3 Å². The lowest BCUT2D eigenvalue weighted by atomic mass is 10.0. The number of pyridine rings is 1. The minimum atomic E-state index is -0.522. The van der Waals surface area contributed by atoms with E-state index in [4.69, 9.17) is 10.5 Å². The number of hydrogen-bond acceptors (Lipinski definition) is 7. The summed E-state index contributed by atoms with van der Waals surface area (Å²) in [6.07, 6.45) is 3.42. The molecule has 0 fully saturated rings. The van der Waals surface area contributed by atoms with Crippen molar-refractivity contribution in [2.24, 2.45) is 0 Å². The lowest BCUT2D eigenvalue weighted by Gasteiger charge is -2.11. The van der Waals surface area contributed by atoms with Gasteiger partial charge in [0.2, 0.25) is 5.91 Å². The minimum Gasteiger partial charge on any atom is -0.496 e. The van der Waals surface area contributed by atoms with Crippen LogP contribution in [0.5, 0.6) is 5.75 Å². The molecule has 3 aromatic heterocycles. The highest BCUT2D eigenvalue weighted by molar-refractivity contribution is 6.05. The van der Waals surface area contributed by atoms with Crippen molar-refractivity contribution in [2.45, 2.75) is 13.1 Å². The van der Waals surface area contributed by atoms with Crippen LogP contribution in [0.1, 0.15) is 15.9 Å². The molecule has 0 spiro atoms. The Bertz CT molecular complexity index is 1710. The number of likely N-dealkylation sites (N-methyl/N-ethyl adjacent to an activating group) is 1. The molecule has 5 aromatic rings. The van der Waals surface area contributed by atoms with Gasteiger partial charge in [0, 0.05) is 44.2 Å². The fourth-order valence-electron chi connectivity index (χ4n) is 4.25. The molecule has 4 N–H and O–H groups in total. The average molecular weight is 543 g/mol. The van der Waals surface area contributed by atoms with E-state index in [2.05, 4.69) is 25.6 Å². The van der Waals surface area contributed by atoms with Gasteiger partial charge in [-0.15, -0.1) is 0 Å². The molecule has 0 aliphatic carbocycles. The van der Waals surface area contributed by atoms with Crippen molar-refractivity contribution in [3.05, 3.63) is 77.9 Å². The van der Waals surface area contributed by atoms with Crippen LogP contribution in [0, 0.1) is 5.82 Å². The first-order chi connectivity index (χ1) is 19.2. The molecular formula is C28H27FN8O3. The van der Waals surface area contributed by atoms with Gasteiger partial charge in [0.25, 0.3) is 5.91 Å². The van der Waals surface area contributed by atoms with Gasteiger partial charge in [0.15, 0.2) is 5.82 Å². The van der Waals surface area contributed by atoms with Crippen LogP contribution in [0.4, 0.5) is 10.2 Å². The molecule has 12 heteroatoms. The van der Waals surface area contributed by atoms with E-state index in [-0.39, 0.29) is 24.6 Å². The second-order valence-electron chi connectivity index (χ2n) is 9.29. The van der Waals surface area contributed by atoms with Gasteiger partial charge >= 0.3 is 0 Å². The summed E-state index contributed by atoms with van der Waals surface area (Å²) in [4.78, 5) is 30.8. The fraction of sp³-hybridized carbons (Fsp3) is 0.179. The zero-order valence-corrected chi connectivity index (χ0v) is 22.1. The van der Waals surface area contributed by atoms with Gasteiger partial charge in [-0.05, 0) is 29.8 Å². The van der Waals surface area contributed by atoms with Crippen LogP contribution in [0.2, 0.25) is 0 Å². The Kier molecular flexibility index (Phi) is 7.15. The molecule has 11 nitrogen and oxygen atoms in total. The predicted molar refractivity (Wildman–Crippen MR) is 148 cm³/mol. The van der Waals surface area contributed by atoms with Crippen LogP contribution >= 0.6 is 0 Å². The van der Waals surface area contributed by atoms with Gasteiger partial charge in [0.1, 0.15) is 18.1 Å². The summed E-state index contributed by atoms with van der Waals surface area (Å²) in [5, 5.41) is 15.1. The van der Waals surface area contributed by atoms with Crippen molar-refractivity contribution in [2.75, 3.05) is 26.9 Å². The molecule has 0 aliphatic heterocycles. The molecule has 2 aromatic carbocycles. The third-order valence-corrected chi connectivity index (χ3v) is 6.42. The number of nitrogen functional groups attached to an aromatic ring is 1. The van der Waals surface area contributed by atoms with E-state index in [0.717, 1.165) is 17.2 Å². The summed E-state index contributed by atoms with van der Waals surface area (Å²) in [5.74, 6) is -0.456. The lowest BCUT2D eigenvalue weighted by Crippen LogP contribution is -2.26. The SMILES string of the molecule is COc1ccc(F)cc1C(=O)NCc1ccc(-c2ncc(-c3ccn(CC(=O)N(C)C)n3)c3[nH]nc(N)c23)cc1. The van der Waals surface area contributed by atoms with Crippen LogP contribution in [-0.4, -0.2) is 62.9 Å². The first kappa shape index (κ1) is 26.4. The average Bonchev–Trinajstić information content (AvgIpc) is 3.58. The minimum absolute atomic E-state index is 0.0734. The first-order valence-electron chi connectivity index (χ1n) is 12.3. The Morgan fingerprint density at radius 1 is 1.15 bits per heavy atom. The van der Waals surface area contributed by atoms with E-state index < -0.39 is 11.7 Å². The summed E-state index contributed by atoms with van der Waals surface area (Å²) >= 11 is 0. The van der Waals surface area contributed by atoms with Gasteiger partial charge in [-0.1, -0.05) is 24.3 Å². The number of hydrogen-bond donors (Lipinski definition) is 3. The number of aromatic nitrogens is 5. The molecule has 0 aliphatic rings. The Hall–Kier alpha value is -5.26. The number of carbonyl (C=O) groups excluding carboxylic acids is 2. The number of rotatable bonds is 8. The van der Waals surface area contributed by atoms with Crippen molar-refractivity contribution in [3.8, 4) is 28.3 Å². The molecule has 0 saturated carbocycles. The normalized spacial score (nSPS) is 11.0. The summed E-state index contributed by atoms with van der Waals surface area (Å²) in [5.41, 5.74) is 10.6. The van der Waals surface area contributed by atoms with E-state index in [0.29, 0.717) is 39.4 Å². The highest BCUT2D eigenvalue weighted by atomic mass is 19.1. The molecule has 0 radical (unpaired) electrons. The van der Waals surface area contributed by atoms with Crippen LogP contribution < -0.4 is 15.8 Å². The second-order valence-corrected chi connectivity index (χ2v) is 9.29. The van der Waals surface area contributed by atoms with Gasteiger partial charge in [-0.2, -0.15) is 10.2 Å². The standard InChI is InChI=1S/C28H27FN8O3/c1-36(2)23(38)15-37-11-10-21(35-37)20-14-31-25(24-26(20)33-34-27(24)30)17-6-4-16(5-7-17)13-32-28(39)19-12-18(29)8-9-22(19)40-3/h4-12,14H,13,15H2,1-3H3,(H,32,39)(H3,30,33,34). The number of nitrogens with two attached hydrogens (primary N) is 1. The number of fused-ring (bicyclic) bond motifs is 1. The largest absolute Gasteiger partial charge is 0.496 e. The van der Waals surface area contributed by atoms with E-state index >= 15 is 0 Å². The van der Waals surface area contributed by atoms with Crippen molar-refractivity contribution in [1.82, 2.24) is 35.2 Å².